The Bertz CT molecular complexity index is 607. The first-order chi connectivity index (χ1) is 9.36. The third kappa shape index (κ3) is 1.65. The molecule has 4 rings (SSSR count). The molecule has 1 aromatic carbocycles. The Morgan fingerprint density at radius 3 is 2.32 bits per heavy atom. The lowest BCUT2D eigenvalue weighted by Gasteiger charge is -2.14. The molecule has 2 aliphatic rings. The highest BCUT2D eigenvalue weighted by atomic mass is 15.3. The molecule has 0 radical (unpaired) electrons. The third-order valence-corrected chi connectivity index (χ3v) is 4.54. The van der Waals surface area contributed by atoms with Crippen molar-refractivity contribution in [1.82, 2.24) is 9.78 Å². The molecule has 2 N–H and O–H groups in total. The van der Waals surface area contributed by atoms with E-state index < -0.39 is 0 Å². The van der Waals surface area contributed by atoms with Crippen LogP contribution in [0.1, 0.15) is 40.7 Å². The summed E-state index contributed by atoms with van der Waals surface area (Å²) in [5.74, 6) is 0. The predicted octanol–water partition coefficient (Wildman–Crippen LogP) is 2.31. The monoisotopic (exact) mass is 253 g/mol. The van der Waals surface area contributed by atoms with Gasteiger partial charge in [0.15, 0.2) is 0 Å². The maximum Gasteiger partial charge on any atom is 0.0715 e. The van der Waals surface area contributed by atoms with Crippen LogP contribution in [0.4, 0.5) is 0 Å². The first-order valence-corrected chi connectivity index (χ1v) is 7.27. The van der Waals surface area contributed by atoms with Crippen molar-refractivity contribution >= 4 is 0 Å². The molecule has 0 saturated heterocycles. The van der Waals surface area contributed by atoms with Crippen LogP contribution in [0.3, 0.4) is 0 Å². The van der Waals surface area contributed by atoms with Crippen LogP contribution >= 0.6 is 0 Å². The quantitative estimate of drug-likeness (QED) is 0.892. The highest BCUT2D eigenvalue weighted by molar-refractivity contribution is 5.58. The highest BCUT2D eigenvalue weighted by Crippen LogP contribution is 2.37. The van der Waals surface area contributed by atoms with E-state index in [-0.39, 0.29) is 0 Å². The fourth-order valence-corrected chi connectivity index (χ4v) is 3.65. The van der Waals surface area contributed by atoms with E-state index in [1.807, 2.05) is 6.20 Å². The van der Waals surface area contributed by atoms with Crippen LogP contribution in [-0.2, 0) is 32.2 Å². The molecule has 0 spiro atoms. The van der Waals surface area contributed by atoms with Crippen molar-refractivity contribution in [3.63, 3.8) is 0 Å². The first-order valence-electron chi connectivity index (χ1n) is 7.27. The van der Waals surface area contributed by atoms with E-state index in [1.165, 1.54) is 55.3 Å². The smallest absolute Gasteiger partial charge is 0.0715 e. The van der Waals surface area contributed by atoms with E-state index in [1.54, 1.807) is 11.1 Å². The van der Waals surface area contributed by atoms with Gasteiger partial charge in [-0.3, -0.25) is 0 Å². The van der Waals surface area contributed by atoms with Gasteiger partial charge in [-0.05, 0) is 60.8 Å². The Labute approximate surface area is 113 Å². The summed E-state index contributed by atoms with van der Waals surface area (Å²) < 4.78 is 2.08. The van der Waals surface area contributed by atoms with Gasteiger partial charge in [-0.15, -0.1) is 0 Å². The molecular weight excluding hydrogens is 234 g/mol. The van der Waals surface area contributed by atoms with Crippen molar-refractivity contribution < 1.29 is 0 Å². The van der Waals surface area contributed by atoms with Crippen LogP contribution in [0.5, 0.6) is 0 Å². The third-order valence-electron chi connectivity index (χ3n) is 4.54. The molecule has 0 amide bonds. The van der Waals surface area contributed by atoms with E-state index >= 15 is 0 Å². The number of rotatable bonds is 2. The normalized spacial score (nSPS) is 16.7. The maximum atomic E-state index is 5.71. The zero-order valence-corrected chi connectivity index (χ0v) is 11.2. The van der Waals surface area contributed by atoms with Crippen molar-refractivity contribution in [1.29, 1.82) is 0 Å². The summed E-state index contributed by atoms with van der Waals surface area (Å²) in [6.07, 6.45) is 11.5. The van der Waals surface area contributed by atoms with Crippen LogP contribution < -0.4 is 5.73 Å². The molecule has 0 bridgehead atoms. The minimum atomic E-state index is 0.567. The van der Waals surface area contributed by atoms with Crippen molar-refractivity contribution in [3.05, 3.63) is 46.3 Å². The van der Waals surface area contributed by atoms with Crippen molar-refractivity contribution in [3.8, 4) is 5.69 Å². The largest absolute Gasteiger partial charge is 0.326 e. The minimum Gasteiger partial charge on any atom is -0.326 e. The molecule has 1 aromatic heterocycles. The van der Waals surface area contributed by atoms with E-state index in [9.17, 15) is 0 Å². The van der Waals surface area contributed by atoms with Crippen LogP contribution in [0.15, 0.2) is 18.5 Å². The van der Waals surface area contributed by atoms with Gasteiger partial charge in [0.2, 0.25) is 0 Å². The van der Waals surface area contributed by atoms with Crippen LogP contribution in [0.25, 0.3) is 5.69 Å². The number of nitrogens with zero attached hydrogens (tertiary/aromatic N) is 2. The van der Waals surface area contributed by atoms with E-state index in [0.29, 0.717) is 6.54 Å². The molecule has 0 fully saturated rings. The first kappa shape index (κ1) is 11.2. The summed E-state index contributed by atoms with van der Waals surface area (Å²) in [4.78, 5) is 0. The van der Waals surface area contributed by atoms with Crippen LogP contribution in [0.2, 0.25) is 0 Å². The summed E-state index contributed by atoms with van der Waals surface area (Å²) in [7, 11) is 0. The fraction of sp³-hybridized carbons (Fsp3) is 0.438. The highest BCUT2D eigenvalue weighted by Gasteiger charge is 2.25. The Morgan fingerprint density at radius 1 is 1.05 bits per heavy atom. The van der Waals surface area contributed by atoms with Gasteiger partial charge < -0.3 is 5.73 Å². The van der Waals surface area contributed by atoms with Crippen LogP contribution in [0, 0.1) is 0 Å². The predicted molar refractivity (Wildman–Crippen MR) is 75.5 cm³/mol. The van der Waals surface area contributed by atoms with Gasteiger partial charge in [-0.25, -0.2) is 4.68 Å². The van der Waals surface area contributed by atoms with Crippen LogP contribution in [-0.4, -0.2) is 9.78 Å². The number of benzene rings is 1. The molecule has 0 aliphatic heterocycles. The molecule has 0 atom stereocenters. The van der Waals surface area contributed by atoms with Gasteiger partial charge >= 0.3 is 0 Å². The zero-order chi connectivity index (χ0) is 12.8. The average molecular weight is 253 g/mol. The van der Waals surface area contributed by atoms with Gasteiger partial charge in [-0.1, -0.05) is 6.07 Å². The number of nitrogens with two attached hydrogens (primary N) is 1. The summed E-state index contributed by atoms with van der Waals surface area (Å²) in [5.41, 5.74) is 14.4. The van der Waals surface area contributed by atoms with Gasteiger partial charge in [0.25, 0.3) is 0 Å². The van der Waals surface area contributed by atoms with Gasteiger partial charge in [0.1, 0.15) is 0 Å². The maximum absolute atomic E-state index is 5.71. The lowest BCUT2D eigenvalue weighted by molar-refractivity contribution is 0.835. The number of aromatic nitrogens is 2. The number of hydrogen-bond acceptors (Lipinski definition) is 2. The summed E-state index contributed by atoms with van der Waals surface area (Å²) in [5, 5.41) is 4.55. The molecule has 2 aliphatic carbocycles. The summed E-state index contributed by atoms with van der Waals surface area (Å²) in [6, 6.07) is 2.46. The van der Waals surface area contributed by atoms with Crippen molar-refractivity contribution in [2.24, 2.45) is 5.73 Å². The lowest BCUT2D eigenvalue weighted by Crippen LogP contribution is -2.05. The zero-order valence-electron chi connectivity index (χ0n) is 11.2. The standard InChI is InChI=1S/C16H19N3/c17-8-11-9-18-19(10-11)16-14-5-1-3-12(14)7-13-4-2-6-15(13)16/h7,9-10H,1-6,8,17H2. The Hall–Kier alpha value is -1.61. The van der Waals surface area contributed by atoms with Crippen molar-refractivity contribution in [2.75, 3.05) is 0 Å². The molecule has 0 unspecified atom stereocenters. The Morgan fingerprint density at radius 2 is 1.74 bits per heavy atom. The van der Waals surface area contributed by atoms with Gasteiger partial charge in [0, 0.05) is 18.3 Å². The average Bonchev–Trinajstić information content (AvgIpc) is 3.15. The van der Waals surface area contributed by atoms with E-state index in [0.717, 1.165) is 5.56 Å². The molecule has 19 heavy (non-hydrogen) atoms. The Kier molecular flexibility index (Phi) is 2.49. The molecule has 3 heteroatoms. The topological polar surface area (TPSA) is 43.8 Å². The van der Waals surface area contributed by atoms with Gasteiger partial charge in [0.05, 0.1) is 11.9 Å². The number of fused-ring (bicyclic) bond motifs is 2. The molecule has 2 aromatic rings. The van der Waals surface area contributed by atoms with Crippen molar-refractivity contribution in [2.45, 2.75) is 45.1 Å². The second kappa shape index (κ2) is 4.20. The fourth-order valence-electron chi connectivity index (χ4n) is 3.65. The second-order valence-electron chi connectivity index (χ2n) is 5.70. The molecule has 98 valence electrons. The molecule has 3 nitrogen and oxygen atoms in total. The minimum absolute atomic E-state index is 0.567. The lowest BCUT2D eigenvalue weighted by atomic mass is 9.99. The summed E-state index contributed by atoms with van der Waals surface area (Å²) >= 11 is 0. The number of hydrogen-bond donors (Lipinski definition) is 1. The molecule has 1 heterocycles. The SMILES string of the molecule is NCc1cnn(-c2c3c(cc4c2CCC4)CCC3)c1. The van der Waals surface area contributed by atoms with Gasteiger partial charge in [-0.2, -0.15) is 5.10 Å². The van der Waals surface area contributed by atoms with E-state index in [2.05, 4.69) is 22.0 Å². The molecular formula is C16H19N3. The van der Waals surface area contributed by atoms with E-state index in [4.69, 9.17) is 5.73 Å². The second-order valence-corrected chi connectivity index (χ2v) is 5.70. The molecule has 0 saturated carbocycles. The Balaban J connectivity index is 1.95. The summed E-state index contributed by atoms with van der Waals surface area (Å²) in [6.45, 7) is 0.567. The number of aryl methyl sites for hydroxylation is 2.